The fourth-order valence-corrected chi connectivity index (χ4v) is 2.47. The molecule has 0 spiro atoms. The van der Waals surface area contributed by atoms with Gasteiger partial charge in [-0.25, -0.2) is 4.98 Å². The second kappa shape index (κ2) is 5.93. The van der Waals surface area contributed by atoms with Crippen LogP contribution in [0.3, 0.4) is 0 Å². The van der Waals surface area contributed by atoms with E-state index in [1.807, 2.05) is 30.3 Å². The quantitative estimate of drug-likeness (QED) is 0.560. The van der Waals surface area contributed by atoms with Gasteiger partial charge in [-0.1, -0.05) is 43.0 Å². The van der Waals surface area contributed by atoms with Gasteiger partial charge >= 0.3 is 0 Å². The normalized spacial score (nSPS) is 12.0. The van der Waals surface area contributed by atoms with E-state index < -0.39 is 0 Å². The molecule has 1 aromatic heterocycles. The largest absolute Gasteiger partial charge is 0.506 e. The number of aromatic nitrogens is 2. The molecule has 0 saturated carbocycles. The molecule has 0 radical (unpaired) electrons. The van der Waals surface area contributed by atoms with Crippen molar-refractivity contribution >= 4 is 34.2 Å². The summed E-state index contributed by atoms with van der Waals surface area (Å²) in [5.74, 6) is 0.00558. The van der Waals surface area contributed by atoms with E-state index in [1.54, 1.807) is 24.3 Å². The molecule has 0 bridgehead atoms. The molecule has 3 aromatic rings. The third kappa shape index (κ3) is 2.79. The van der Waals surface area contributed by atoms with E-state index >= 15 is 0 Å². The minimum absolute atomic E-state index is 0.0970. The predicted molar refractivity (Wildman–Crippen MR) is 92.8 cm³/mol. The fraction of sp³-hybridized carbons (Fsp3) is 0.0526. The monoisotopic (exact) mass is 304 g/mol. The Hall–Kier alpha value is -3.14. The van der Waals surface area contributed by atoms with Crippen LogP contribution in [0.25, 0.3) is 28.4 Å². The second-order valence-corrected chi connectivity index (χ2v) is 5.21. The number of aliphatic hydroxyl groups is 1. The summed E-state index contributed by atoms with van der Waals surface area (Å²) in [6, 6.07) is 14.7. The number of Topliss-reactive ketones (excluding diaryl/α,β-unsaturated/α-hetero) is 1. The van der Waals surface area contributed by atoms with Crippen molar-refractivity contribution in [2.75, 3.05) is 0 Å². The van der Waals surface area contributed by atoms with Gasteiger partial charge < -0.3 is 10.1 Å². The van der Waals surface area contributed by atoms with E-state index in [1.165, 1.54) is 6.92 Å². The lowest BCUT2D eigenvalue weighted by atomic mass is 10.0. The summed E-state index contributed by atoms with van der Waals surface area (Å²) in [4.78, 5) is 19.6. The van der Waals surface area contributed by atoms with E-state index in [4.69, 9.17) is 0 Å². The zero-order valence-corrected chi connectivity index (χ0v) is 12.7. The molecule has 0 fully saturated rings. The number of H-pyrrole nitrogens is 1. The number of aromatic amines is 1. The number of imidazole rings is 1. The van der Waals surface area contributed by atoms with Crippen molar-refractivity contribution in [1.82, 2.24) is 9.97 Å². The summed E-state index contributed by atoms with van der Waals surface area (Å²) in [6.45, 7) is 5.13. The number of para-hydroxylation sites is 2. The zero-order chi connectivity index (χ0) is 16.4. The number of carbonyl (C=O) groups excluding carboxylic acids is 1. The molecule has 2 N–H and O–H groups in total. The number of carbonyl (C=O) groups is 1. The highest BCUT2D eigenvalue weighted by molar-refractivity contribution is 6.25. The Kier molecular flexibility index (Phi) is 3.81. The van der Waals surface area contributed by atoms with Crippen LogP contribution in [0.15, 0.2) is 55.1 Å². The number of hydrogen-bond donors (Lipinski definition) is 2. The first kappa shape index (κ1) is 14.8. The van der Waals surface area contributed by atoms with Crippen molar-refractivity contribution in [3.05, 3.63) is 72.1 Å². The maximum Gasteiger partial charge on any atom is 0.167 e. The number of benzene rings is 2. The van der Waals surface area contributed by atoms with E-state index in [-0.39, 0.29) is 17.1 Å². The van der Waals surface area contributed by atoms with Crippen LogP contribution in [0, 0.1) is 0 Å². The van der Waals surface area contributed by atoms with E-state index in [0.717, 1.165) is 16.6 Å². The van der Waals surface area contributed by atoms with E-state index in [9.17, 15) is 9.90 Å². The molecule has 4 nitrogen and oxygen atoms in total. The van der Waals surface area contributed by atoms with Crippen molar-refractivity contribution in [2.24, 2.45) is 0 Å². The SMILES string of the molecule is C=Cc1cccc(C(O)=C(C(C)=O)c2nc3ccccc3[nH]2)c1. The van der Waals surface area contributed by atoms with Gasteiger partial charge in [0.2, 0.25) is 0 Å². The summed E-state index contributed by atoms with van der Waals surface area (Å²) >= 11 is 0. The number of nitrogens with zero attached hydrogens (tertiary/aromatic N) is 1. The first-order valence-electron chi connectivity index (χ1n) is 7.22. The average Bonchev–Trinajstić information content (AvgIpc) is 2.97. The lowest BCUT2D eigenvalue weighted by Crippen LogP contribution is -2.02. The van der Waals surface area contributed by atoms with E-state index in [0.29, 0.717) is 11.4 Å². The topological polar surface area (TPSA) is 66.0 Å². The lowest BCUT2D eigenvalue weighted by molar-refractivity contribution is -0.111. The summed E-state index contributed by atoms with van der Waals surface area (Å²) in [6.07, 6.45) is 1.69. The molecule has 2 aromatic carbocycles. The van der Waals surface area contributed by atoms with Crippen molar-refractivity contribution in [1.29, 1.82) is 0 Å². The summed E-state index contributed by atoms with van der Waals surface area (Å²) in [5, 5.41) is 10.6. The second-order valence-electron chi connectivity index (χ2n) is 5.21. The molecule has 114 valence electrons. The molecule has 1 heterocycles. The predicted octanol–water partition coefficient (Wildman–Crippen LogP) is 4.22. The molecule has 0 atom stereocenters. The highest BCUT2D eigenvalue weighted by Gasteiger charge is 2.19. The number of ketones is 1. The highest BCUT2D eigenvalue weighted by atomic mass is 16.3. The Morgan fingerprint density at radius 1 is 1.22 bits per heavy atom. The Balaban J connectivity index is 2.20. The molecule has 0 saturated heterocycles. The molecule has 0 aliphatic rings. The number of fused-ring (bicyclic) bond motifs is 1. The number of aliphatic hydroxyl groups excluding tert-OH is 1. The Labute approximate surface area is 133 Å². The van der Waals surface area contributed by atoms with Crippen molar-refractivity contribution in [2.45, 2.75) is 6.92 Å². The number of nitrogens with one attached hydrogen (secondary N) is 1. The van der Waals surface area contributed by atoms with Crippen LogP contribution in [0.2, 0.25) is 0 Å². The molecule has 3 rings (SSSR count). The third-order valence-corrected chi connectivity index (χ3v) is 3.61. The maximum absolute atomic E-state index is 12.1. The Morgan fingerprint density at radius 2 is 2.00 bits per heavy atom. The summed E-state index contributed by atoms with van der Waals surface area (Å²) in [7, 11) is 0. The molecule has 0 amide bonds. The summed E-state index contributed by atoms with van der Waals surface area (Å²) in [5.41, 5.74) is 3.14. The smallest absolute Gasteiger partial charge is 0.167 e. The van der Waals surface area contributed by atoms with Crippen LogP contribution in [0.4, 0.5) is 0 Å². The number of rotatable bonds is 4. The van der Waals surface area contributed by atoms with Crippen LogP contribution in [0.1, 0.15) is 23.9 Å². The van der Waals surface area contributed by atoms with Gasteiger partial charge in [0, 0.05) is 5.56 Å². The first-order chi connectivity index (χ1) is 11.1. The van der Waals surface area contributed by atoms with Crippen LogP contribution in [-0.2, 0) is 4.79 Å². The van der Waals surface area contributed by atoms with Crippen LogP contribution < -0.4 is 0 Å². The first-order valence-corrected chi connectivity index (χ1v) is 7.22. The Bertz CT molecular complexity index is 902. The maximum atomic E-state index is 12.1. The van der Waals surface area contributed by atoms with Gasteiger partial charge in [0.15, 0.2) is 5.78 Å². The molecule has 0 aliphatic heterocycles. The third-order valence-electron chi connectivity index (χ3n) is 3.61. The molecule has 0 aliphatic carbocycles. The van der Waals surface area contributed by atoms with Gasteiger partial charge in [-0.2, -0.15) is 0 Å². The molecular formula is C19H16N2O2. The number of hydrogen-bond acceptors (Lipinski definition) is 3. The van der Waals surface area contributed by atoms with Crippen LogP contribution in [0.5, 0.6) is 0 Å². The molecular weight excluding hydrogens is 288 g/mol. The van der Waals surface area contributed by atoms with Crippen LogP contribution in [-0.4, -0.2) is 20.9 Å². The summed E-state index contributed by atoms with van der Waals surface area (Å²) < 4.78 is 0. The van der Waals surface area contributed by atoms with Crippen molar-refractivity contribution in [3.63, 3.8) is 0 Å². The van der Waals surface area contributed by atoms with Gasteiger partial charge in [0.25, 0.3) is 0 Å². The van der Waals surface area contributed by atoms with Gasteiger partial charge in [-0.15, -0.1) is 0 Å². The zero-order valence-electron chi connectivity index (χ0n) is 12.7. The average molecular weight is 304 g/mol. The number of allylic oxidation sites excluding steroid dienone is 1. The molecule has 23 heavy (non-hydrogen) atoms. The van der Waals surface area contributed by atoms with Crippen LogP contribution >= 0.6 is 0 Å². The fourth-order valence-electron chi connectivity index (χ4n) is 2.47. The minimum atomic E-state index is -0.259. The Morgan fingerprint density at radius 3 is 2.70 bits per heavy atom. The highest BCUT2D eigenvalue weighted by Crippen LogP contribution is 2.26. The molecule has 4 heteroatoms. The van der Waals surface area contributed by atoms with Gasteiger partial charge in [-0.05, 0) is 30.7 Å². The standard InChI is InChI=1S/C19H16N2O2/c1-3-13-7-6-8-14(11-13)18(23)17(12(2)22)19-20-15-9-4-5-10-16(15)21-19/h3-11,23H,1H2,2H3,(H,20,21). The van der Waals surface area contributed by atoms with Gasteiger partial charge in [0.05, 0.1) is 11.0 Å². The van der Waals surface area contributed by atoms with Gasteiger partial charge in [0.1, 0.15) is 17.2 Å². The molecule has 0 unspecified atom stereocenters. The van der Waals surface area contributed by atoms with Crippen molar-refractivity contribution in [3.8, 4) is 0 Å². The lowest BCUT2D eigenvalue weighted by Gasteiger charge is -2.07. The van der Waals surface area contributed by atoms with E-state index in [2.05, 4.69) is 16.5 Å². The van der Waals surface area contributed by atoms with Crippen molar-refractivity contribution < 1.29 is 9.90 Å². The van der Waals surface area contributed by atoms with Gasteiger partial charge in [-0.3, -0.25) is 4.79 Å². The minimum Gasteiger partial charge on any atom is -0.506 e.